The van der Waals surface area contributed by atoms with E-state index >= 15 is 0 Å². The normalized spacial score (nSPS) is 59.8. The molecule has 10 atom stereocenters. The second-order valence-electron chi connectivity index (χ2n) is 8.50. The number of rotatable bonds is 4. The molecule has 2 aliphatic heterocycles. The van der Waals surface area contributed by atoms with E-state index in [1.54, 1.807) is 7.11 Å². The number of hydrogen-bond donors (Lipinski definition) is 1. The summed E-state index contributed by atoms with van der Waals surface area (Å²) < 4.78 is 11.9. The summed E-state index contributed by atoms with van der Waals surface area (Å²) in [6.45, 7) is 0.928. The van der Waals surface area contributed by atoms with Gasteiger partial charge < -0.3 is 9.47 Å². The summed E-state index contributed by atoms with van der Waals surface area (Å²) in [4.78, 5) is 0. The fourth-order valence-electron chi connectivity index (χ4n) is 8.28. The van der Waals surface area contributed by atoms with Crippen molar-refractivity contribution in [2.45, 2.75) is 24.8 Å². The summed E-state index contributed by atoms with van der Waals surface area (Å²) in [5.41, 5.74) is 1.39. The highest BCUT2D eigenvalue weighted by molar-refractivity contribution is 5.39. The van der Waals surface area contributed by atoms with Crippen LogP contribution in [0.2, 0.25) is 0 Å². The molecule has 7 aliphatic rings. The number of hydrogen-bond acceptors (Lipinski definition) is 3. The van der Waals surface area contributed by atoms with Gasteiger partial charge >= 0.3 is 0 Å². The molecule has 0 unspecified atom stereocenters. The van der Waals surface area contributed by atoms with Crippen molar-refractivity contribution in [1.29, 1.82) is 0 Å². The fourth-order valence-corrected chi connectivity index (χ4v) is 8.28. The van der Waals surface area contributed by atoms with Gasteiger partial charge in [0.05, 0.1) is 13.2 Å². The molecule has 22 heavy (non-hydrogen) atoms. The first-order valence-corrected chi connectivity index (χ1v) is 8.89. The minimum absolute atomic E-state index is 0.0526. The summed E-state index contributed by atoms with van der Waals surface area (Å²) >= 11 is 0. The van der Waals surface area contributed by atoms with Crippen molar-refractivity contribution >= 4 is 0 Å². The van der Waals surface area contributed by atoms with Crippen molar-refractivity contribution in [1.82, 2.24) is 5.32 Å². The molecule has 8 rings (SSSR count). The van der Waals surface area contributed by atoms with Crippen LogP contribution < -0.4 is 10.1 Å². The Bertz CT molecular complexity index is 677. The Hall–Kier alpha value is -1.06. The first kappa shape index (κ1) is 11.5. The Morgan fingerprint density at radius 1 is 1.09 bits per heavy atom. The van der Waals surface area contributed by atoms with Crippen LogP contribution in [-0.2, 0) is 11.3 Å². The topological polar surface area (TPSA) is 30.5 Å². The number of nitrogens with one attached hydrogen (secondary N) is 1. The molecule has 0 aromatic heterocycles. The van der Waals surface area contributed by atoms with Gasteiger partial charge in [-0.3, -0.25) is 5.32 Å². The van der Waals surface area contributed by atoms with Crippen molar-refractivity contribution in [3.8, 4) is 5.75 Å². The lowest BCUT2D eigenvalue weighted by atomic mass is 9.59. The van der Waals surface area contributed by atoms with E-state index in [-0.39, 0.29) is 5.72 Å². The molecule has 1 N–H and O–H groups in total. The van der Waals surface area contributed by atoms with E-state index in [9.17, 15) is 0 Å². The maximum Gasteiger partial charge on any atom is 0.126 e. The fraction of sp³-hybridized carbons (Fsp3) is 0.684. The van der Waals surface area contributed by atoms with E-state index < -0.39 is 0 Å². The van der Waals surface area contributed by atoms with E-state index in [2.05, 4.69) is 29.6 Å². The maximum absolute atomic E-state index is 6.69. The molecule has 4 bridgehead atoms. The molecule has 5 saturated carbocycles. The van der Waals surface area contributed by atoms with Gasteiger partial charge in [0.1, 0.15) is 11.5 Å². The summed E-state index contributed by atoms with van der Waals surface area (Å²) in [6.07, 6.45) is 2.15. The maximum atomic E-state index is 6.69. The Balaban J connectivity index is 1.21. The molecule has 0 amide bonds. The van der Waals surface area contributed by atoms with Gasteiger partial charge in [-0.25, -0.2) is 0 Å². The minimum Gasteiger partial charge on any atom is -0.497 e. The largest absolute Gasteiger partial charge is 0.497 e. The van der Waals surface area contributed by atoms with Gasteiger partial charge in [0.15, 0.2) is 0 Å². The number of ether oxygens (including phenoxy) is 2. The van der Waals surface area contributed by atoms with Crippen molar-refractivity contribution in [3.63, 3.8) is 0 Å². The molecule has 5 aliphatic carbocycles. The second kappa shape index (κ2) is 3.25. The lowest BCUT2D eigenvalue weighted by molar-refractivity contribution is -0.0591. The van der Waals surface area contributed by atoms with E-state index in [0.29, 0.717) is 6.10 Å². The van der Waals surface area contributed by atoms with Crippen LogP contribution in [0.1, 0.15) is 12.0 Å². The van der Waals surface area contributed by atoms with Crippen LogP contribution in [0.3, 0.4) is 0 Å². The number of benzene rings is 1. The summed E-state index contributed by atoms with van der Waals surface area (Å²) in [5, 5.41) is 3.91. The molecular weight excluding hydrogens is 274 g/mol. The summed E-state index contributed by atoms with van der Waals surface area (Å²) in [6, 6.07) is 8.46. The van der Waals surface area contributed by atoms with Gasteiger partial charge in [0, 0.05) is 18.4 Å². The summed E-state index contributed by atoms with van der Waals surface area (Å²) in [5.74, 6) is 8.58. The highest BCUT2D eigenvalue weighted by atomic mass is 16.5. The molecule has 0 radical (unpaired) electrons. The zero-order valence-electron chi connectivity index (χ0n) is 12.7. The molecule has 114 valence electrons. The van der Waals surface area contributed by atoms with E-state index in [1.807, 2.05) is 0 Å². The molecule has 1 aromatic carbocycles. The SMILES string of the molecule is COc1ccc(CN[C@]23O[C@@H]4[C@@H]5[C@H]6[C@@H]7C[C@H]([C@H]6[C@H]52)[C@@H]3[C@@H]74)cc1. The zero-order valence-corrected chi connectivity index (χ0v) is 12.7. The van der Waals surface area contributed by atoms with E-state index in [1.165, 1.54) is 12.0 Å². The van der Waals surface area contributed by atoms with Crippen LogP contribution in [0.15, 0.2) is 24.3 Å². The Labute approximate surface area is 130 Å². The third kappa shape index (κ3) is 0.908. The highest BCUT2D eigenvalue weighted by Crippen LogP contribution is 2.89. The molecule has 7 fully saturated rings. The van der Waals surface area contributed by atoms with Crippen LogP contribution in [0.5, 0.6) is 5.75 Å². The van der Waals surface area contributed by atoms with Gasteiger partial charge in [-0.05, 0) is 59.6 Å². The molecular formula is C19H21NO2. The monoisotopic (exact) mass is 295 g/mol. The minimum atomic E-state index is 0.0526. The third-order valence-corrected chi connectivity index (χ3v) is 8.43. The van der Waals surface area contributed by atoms with Gasteiger partial charge in [0.25, 0.3) is 0 Å². The highest BCUT2D eigenvalue weighted by Gasteiger charge is 2.92. The van der Waals surface area contributed by atoms with E-state index in [0.717, 1.165) is 59.6 Å². The molecule has 3 nitrogen and oxygen atoms in total. The molecule has 2 saturated heterocycles. The first-order valence-electron chi connectivity index (χ1n) is 8.89. The first-order chi connectivity index (χ1) is 10.8. The Morgan fingerprint density at radius 3 is 2.77 bits per heavy atom. The van der Waals surface area contributed by atoms with Gasteiger partial charge in [0.2, 0.25) is 0 Å². The van der Waals surface area contributed by atoms with Gasteiger partial charge in [-0.15, -0.1) is 0 Å². The predicted molar refractivity (Wildman–Crippen MR) is 80.0 cm³/mol. The zero-order chi connectivity index (χ0) is 14.2. The average molecular weight is 295 g/mol. The van der Waals surface area contributed by atoms with Gasteiger partial charge in [-0.1, -0.05) is 12.1 Å². The second-order valence-corrected chi connectivity index (χ2v) is 8.50. The number of methoxy groups -OCH3 is 1. The van der Waals surface area contributed by atoms with Crippen molar-refractivity contribution < 1.29 is 9.47 Å². The van der Waals surface area contributed by atoms with Gasteiger partial charge in [-0.2, -0.15) is 0 Å². The predicted octanol–water partition coefficient (Wildman–Crippen LogP) is 2.27. The summed E-state index contributed by atoms with van der Waals surface area (Å²) in [7, 11) is 1.72. The third-order valence-electron chi connectivity index (χ3n) is 8.43. The van der Waals surface area contributed by atoms with Crippen LogP contribution in [0, 0.1) is 47.3 Å². The molecule has 1 aromatic rings. The van der Waals surface area contributed by atoms with Crippen LogP contribution in [-0.4, -0.2) is 18.9 Å². The molecule has 0 spiro atoms. The quantitative estimate of drug-likeness (QED) is 0.924. The van der Waals surface area contributed by atoms with E-state index in [4.69, 9.17) is 9.47 Å². The van der Waals surface area contributed by atoms with Crippen LogP contribution in [0.4, 0.5) is 0 Å². The molecule has 3 heteroatoms. The smallest absolute Gasteiger partial charge is 0.126 e. The Kier molecular flexibility index (Phi) is 1.69. The Morgan fingerprint density at radius 2 is 1.95 bits per heavy atom. The average Bonchev–Trinajstić information content (AvgIpc) is 3.19. The van der Waals surface area contributed by atoms with Crippen LogP contribution in [0.25, 0.3) is 0 Å². The lowest BCUT2D eigenvalue weighted by Crippen LogP contribution is -2.56. The lowest BCUT2D eigenvalue weighted by Gasteiger charge is -2.46. The standard InChI is InChI=1S/C19H21NO2/c1-21-9-4-2-8(3-5-9)7-20-19-16-11-6-10-12-13(11)17(19)15(12)18(22-19)14(10)16/h2-5,10-18,20H,6-7H2,1H3/t10-,11+,12-,13+,14+,15+,16+,17+,18-,19+/m0/s1. The van der Waals surface area contributed by atoms with Crippen molar-refractivity contribution in [2.75, 3.05) is 7.11 Å². The van der Waals surface area contributed by atoms with Crippen LogP contribution >= 0.6 is 0 Å². The molecule has 2 heterocycles. The van der Waals surface area contributed by atoms with Crippen molar-refractivity contribution in [3.05, 3.63) is 29.8 Å². The van der Waals surface area contributed by atoms with Crippen molar-refractivity contribution in [2.24, 2.45) is 47.3 Å².